The third kappa shape index (κ3) is 3.29. The number of esters is 2. The Bertz CT molecular complexity index is 428. The van der Waals surface area contributed by atoms with Crippen LogP contribution in [0.4, 0.5) is 0 Å². The van der Waals surface area contributed by atoms with Crippen molar-refractivity contribution in [3.05, 3.63) is 30.3 Å². The van der Waals surface area contributed by atoms with Gasteiger partial charge in [-0.05, 0) is 19.1 Å². The average Bonchev–Trinajstić information content (AvgIpc) is 2.45. The number of hydrogen-bond acceptors (Lipinski definition) is 5. The maximum absolute atomic E-state index is 11.9. The van der Waals surface area contributed by atoms with Crippen molar-refractivity contribution in [1.82, 2.24) is 0 Å². The summed E-state index contributed by atoms with van der Waals surface area (Å²) in [4.78, 5) is 24.8. The number of hydrogen-bond donors (Lipinski definition) is 0. The topological polar surface area (TPSA) is 52.6 Å². The van der Waals surface area contributed by atoms with E-state index >= 15 is 0 Å². The van der Waals surface area contributed by atoms with E-state index in [0.29, 0.717) is 0 Å². The second-order valence-electron chi connectivity index (χ2n) is 4.26. The number of carbonyl (C=O) groups is 2. The molecule has 1 rings (SSSR count). The van der Waals surface area contributed by atoms with Gasteiger partial charge in [0.15, 0.2) is 5.41 Å². The van der Waals surface area contributed by atoms with Crippen LogP contribution in [0.2, 0.25) is 0 Å². The van der Waals surface area contributed by atoms with Gasteiger partial charge < -0.3 is 9.47 Å². The van der Waals surface area contributed by atoms with Crippen molar-refractivity contribution in [2.45, 2.75) is 24.0 Å². The summed E-state index contributed by atoms with van der Waals surface area (Å²) in [6, 6.07) is 9.58. The lowest BCUT2D eigenvalue weighted by Gasteiger charge is -2.29. The predicted octanol–water partition coefficient (Wildman–Crippen LogP) is 2.52. The maximum Gasteiger partial charge on any atom is 0.324 e. The summed E-state index contributed by atoms with van der Waals surface area (Å²) in [7, 11) is 2.53. The molecule has 4 nitrogen and oxygen atoms in total. The first-order valence-corrected chi connectivity index (χ1v) is 6.73. The van der Waals surface area contributed by atoms with Gasteiger partial charge in [0, 0.05) is 10.1 Å². The molecular weight excluding hydrogens is 264 g/mol. The van der Waals surface area contributed by atoms with E-state index in [1.54, 1.807) is 6.92 Å². The monoisotopic (exact) mass is 282 g/mol. The Hall–Kier alpha value is -1.49. The summed E-state index contributed by atoms with van der Waals surface area (Å²) in [6.07, 6.45) is 0. The fraction of sp³-hybridized carbons (Fsp3) is 0.429. The Balaban J connectivity index is 2.98. The molecule has 1 aromatic carbocycles. The van der Waals surface area contributed by atoms with E-state index in [0.717, 1.165) is 4.90 Å². The molecule has 0 aliphatic heterocycles. The number of thioether (sulfide) groups is 1. The van der Waals surface area contributed by atoms with Crippen LogP contribution in [0.25, 0.3) is 0 Å². The molecule has 0 N–H and O–H groups in total. The molecule has 0 aliphatic rings. The highest BCUT2D eigenvalue weighted by molar-refractivity contribution is 8.00. The third-order valence-electron chi connectivity index (χ3n) is 3.09. The largest absolute Gasteiger partial charge is 0.468 e. The van der Waals surface area contributed by atoms with Gasteiger partial charge in [0.05, 0.1) is 14.2 Å². The Morgan fingerprint density at radius 3 is 2.00 bits per heavy atom. The molecule has 0 saturated carbocycles. The Kier molecular flexibility index (Phi) is 5.42. The van der Waals surface area contributed by atoms with Crippen LogP contribution in [-0.4, -0.2) is 31.4 Å². The quantitative estimate of drug-likeness (QED) is 0.472. The molecule has 104 valence electrons. The molecule has 5 heteroatoms. The zero-order chi connectivity index (χ0) is 14.5. The third-order valence-corrected chi connectivity index (χ3v) is 4.46. The first kappa shape index (κ1) is 15.6. The minimum absolute atomic E-state index is 0.310. The highest BCUT2D eigenvalue weighted by Gasteiger charge is 2.49. The smallest absolute Gasteiger partial charge is 0.324 e. The molecule has 0 spiro atoms. The molecular formula is C14H18O4S. The van der Waals surface area contributed by atoms with Crippen molar-refractivity contribution in [3.63, 3.8) is 0 Å². The number of benzene rings is 1. The molecule has 0 radical (unpaired) electrons. The van der Waals surface area contributed by atoms with E-state index in [4.69, 9.17) is 9.47 Å². The predicted molar refractivity (Wildman–Crippen MR) is 73.9 cm³/mol. The molecule has 19 heavy (non-hydrogen) atoms. The summed E-state index contributed by atoms with van der Waals surface area (Å²) in [5, 5.41) is -0.310. The van der Waals surface area contributed by atoms with Crippen molar-refractivity contribution >= 4 is 23.7 Å². The average molecular weight is 282 g/mol. The number of methoxy groups -OCH3 is 2. The van der Waals surface area contributed by atoms with Crippen LogP contribution in [0.15, 0.2) is 35.2 Å². The summed E-state index contributed by atoms with van der Waals surface area (Å²) < 4.78 is 9.49. The molecule has 0 aliphatic carbocycles. The van der Waals surface area contributed by atoms with Gasteiger partial charge in [-0.3, -0.25) is 9.59 Å². The fourth-order valence-electron chi connectivity index (χ4n) is 1.66. The van der Waals surface area contributed by atoms with E-state index in [9.17, 15) is 9.59 Å². The van der Waals surface area contributed by atoms with Crippen LogP contribution >= 0.6 is 11.8 Å². The minimum Gasteiger partial charge on any atom is -0.468 e. The molecule has 0 saturated heterocycles. The van der Waals surface area contributed by atoms with Gasteiger partial charge in [0.2, 0.25) is 0 Å². The number of rotatable bonds is 5. The fourth-order valence-corrected chi connectivity index (χ4v) is 2.81. The van der Waals surface area contributed by atoms with Crippen LogP contribution in [-0.2, 0) is 19.1 Å². The summed E-state index contributed by atoms with van der Waals surface area (Å²) in [6.45, 7) is 3.36. The van der Waals surface area contributed by atoms with Crippen LogP contribution in [0, 0.1) is 5.41 Å². The SMILES string of the molecule is COC(=O)C(C)(C(=O)OC)C(C)Sc1ccccc1. The molecule has 0 aromatic heterocycles. The Morgan fingerprint density at radius 2 is 1.58 bits per heavy atom. The minimum atomic E-state index is -1.33. The zero-order valence-corrected chi connectivity index (χ0v) is 12.3. The normalized spacial score (nSPS) is 12.6. The van der Waals surface area contributed by atoms with Crippen molar-refractivity contribution in [2.75, 3.05) is 14.2 Å². The van der Waals surface area contributed by atoms with E-state index < -0.39 is 17.4 Å². The van der Waals surface area contributed by atoms with E-state index in [1.165, 1.54) is 26.0 Å². The highest BCUT2D eigenvalue weighted by atomic mass is 32.2. The van der Waals surface area contributed by atoms with Gasteiger partial charge in [-0.15, -0.1) is 11.8 Å². The van der Waals surface area contributed by atoms with Crippen molar-refractivity contribution in [2.24, 2.45) is 5.41 Å². The first-order valence-electron chi connectivity index (χ1n) is 5.85. The molecule has 1 atom stereocenters. The van der Waals surface area contributed by atoms with Gasteiger partial charge in [-0.25, -0.2) is 0 Å². The van der Waals surface area contributed by atoms with E-state index in [1.807, 2.05) is 37.3 Å². The van der Waals surface area contributed by atoms with Crippen LogP contribution < -0.4 is 0 Å². The molecule has 1 unspecified atom stereocenters. The standard InChI is InChI=1S/C14H18O4S/c1-10(19-11-8-6-5-7-9-11)14(2,12(15)17-3)13(16)18-4/h5-10H,1-4H3. The molecule has 0 bridgehead atoms. The number of ether oxygens (including phenoxy) is 2. The highest BCUT2D eigenvalue weighted by Crippen LogP contribution is 2.37. The first-order chi connectivity index (χ1) is 8.96. The van der Waals surface area contributed by atoms with Crippen LogP contribution in [0.3, 0.4) is 0 Å². The molecule has 0 fully saturated rings. The Morgan fingerprint density at radius 1 is 1.11 bits per heavy atom. The second-order valence-corrected chi connectivity index (χ2v) is 5.67. The summed E-state index contributed by atoms with van der Waals surface area (Å²) in [5.74, 6) is -1.18. The van der Waals surface area contributed by atoms with Gasteiger partial charge in [0.25, 0.3) is 0 Å². The lowest BCUT2D eigenvalue weighted by molar-refractivity contribution is -0.167. The van der Waals surface area contributed by atoms with Gasteiger partial charge >= 0.3 is 11.9 Å². The van der Waals surface area contributed by atoms with E-state index in [2.05, 4.69) is 0 Å². The molecule has 1 aromatic rings. The second kappa shape index (κ2) is 6.61. The van der Waals surface area contributed by atoms with Crippen LogP contribution in [0.5, 0.6) is 0 Å². The van der Waals surface area contributed by atoms with E-state index in [-0.39, 0.29) is 5.25 Å². The van der Waals surface area contributed by atoms with Gasteiger partial charge in [0.1, 0.15) is 0 Å². The van der Waals surface area contributed by atoms with Gasteiger partial charge in [-0.1, -0.05) is 25.1 Å². The lowest BCUT2D eigenvalue weighted by atomic mass is 9.87. The summed E-state index contributed by atoms with van der Waals surface area (Å²) >= 11 is 1.44. The maximum atomic E-state index is 11.9. The van der Waals surface area contributed by atoms with Crippen molar-refractivity contribution in [1.29, 1.82) is 0 Å². The van der Waals surface area contributed by atoms with Crippen LogP contribution in [0.1, 0.15) is 13.8 Å². The number of carbonyl (C=O) groups excluding carboxylic acids is 2. The Labute approximate surface area is 117 Å². The van der Waals surface area contributed by atoms with Crippen molar-refractivity contribution < 1.29 is 19.1 Å². The van der Waals surface area contributed by atoms with Crippen molar-refractivity contribution in [3.8, 4) is 0 Å². The lowest BCUT2D eigenvalue weighted by Crippen LogP contribution is -2.45. The van der Waals surface area contributed by atoms with Gasteiger partial charge in [-0.2, -0.15) is 0 Å². The summed E-state index contributed by atoms with van der Waals surface area (Å²) in [5.41, 5.74) is -1.33. The molecule has 0 amide bonds. The zero-order valence-electron chi connectivity index (χ0n) is 11.5. The molecule has 0 heterocycles.